The predicted molar refractivity (Wildman–Crippen MR) is 132 cm³/mol. The Kier molecular flexibility index (Phi) is 6.28. The number of aromatic nitrogens is 3. The Balaban J connectivity index is 1.59. The summed E-state index contributed by atoms with van der Waals surface area (Å²) in [6.07, 6.45) is 0.711. The minimum atomic E-state index is -2.91. The molecule has 8 heteroatoms. The average Bonchev–Trinajstić information content (AvgIpc) is 3.22. The molecule has 3 heterocycles. The van der Waals surface area contributed by atoms with E-state index >= 15 is 0 Å². The lowest BCUT2D eigenvalue weighted by Crippen LogP contribution is -2.47. The van der Waals surface area contributed by atoms with Crippen LogP contribution in [0.5, 0.6) is 0 Å². The molecule has 1 amide bonds. The van der Waals surface area contributed by atoms with Crippen molar-refractivity contribution < 1.29 is 18.0 Å². The van der Waals surface area contributed by atoms with Crippen molar-refractivity contribution in [2.75, 3.05) is 0 Å². The van der Waals surface area contributed by atoms with Gasteiger partial charge in [-0.05, 0) is 61.7 Å². The summed E-state index contributed by atoms with van der Waals surface area (Å²) in [5.74, 6) is -0.996. The molecule has 0 N–H and O–H groups in total. The van der Waals surface area contributed by atoms with Crippen LogP contribution in [0.2, 0.25) is 0 Å². The minimum Gasteiger partial charge on any atom is -0.327 e. The van der Waals surface area contributed by atoms with E-state index in [0.29, 0.717) is 29.7 Å². The average molecular weight is 493 g/mol. The van der Waals surface area contributed by atoms with E-state index in [9.17, 15) is 18.0 Å². The minimum absolute atomic E-state index is 0.0703. The number of amides is 1. The second-order valence-electron chi connectivity index (χ2n) is 9.19. The summed E-state index contributed by atoms with van der Waals surface area (Å²) in [4.78, 5) is 20.1. The smallest absolute Gasteiger partial charge is 0.266 e. The van der Waals surface area contributed by atoms with Gasteiger partial charge in [-0.15, -0.1) is 0 Å². The Morgan fingerprint density at radius 2 is 1.92 bits per heavy atom. The maximum atomic E-state index is 14.0. The lowest BCUT2D eigenvalue weighted by atomic mass is 9.87. The van der Waals surface area contributed by atoms with Crippen molar-refractivity contribution in [3.63, 3.8) is 0 Å². The Hall–Kier alpha value is -3.68. The van der Waals surface area contributed by atoms with Crippen LogP contribution in [0.1, 0.15) is 66.3 Å². The van der Waals surface area contributed by atoms with Crippen LogP contribution in [0.15, 0.2) is 54.7 Å². The number of alkyl halides is 2. The molecule has 0 bridgehead atoms. The Morgan fingerprint density at radius 1 is 1.11 bits per heavy atom. The lowest BCUT2D eigenvalue weighted by Gasteiger charge is -2.41. The molecule has 0 radical (unpaired) electrons. The van der Waals surface area contributed by atoms with E-state index in [0.717, 1.165) is 34.6 Å². The summed E-state index contributed by atoms with van der Waals surface area (Å²) in [5, 5.41) is 5.65. The van der Waals surface area contributed by atoms with E-state index in [1.165, 1.54) is 12.1 Å². The van der Waals surface area contributed by atoms with Crippen molar-refractivity contribution in [1.29, 1.82) is 0 Å². The van der Waals surface area contributed by atoms with Gasteiger partial charge in [0, 0.05) is 41.4 Å². The van der Waals surface area contributed by atoms with Crippen LogP contribution >= 0.6 is 0 Å². The zero-order valence-corrected chi connectivity index (χ0v) is 20.4. The van der Waals surface area contributed by atoms with Crippen molar-refractivity contribution in [2.45, 2.75) is 51.6 Å². The molecule has 1 aliphatic heterocycles. The van der Waals surface area contributed by atoms with Crippen molar-refractivity contribution in [2.24, 2.45) is 7.05 Å². The van der Waals surface area contributed by atoms with Crippen LogP contribution in [-0.2, 0) is 13.5 Å². The molecule has 5 nitrogen and oxygen atoms in total. The summed E-state index contributed by atoms with van der Waals surface area (Å²) in [6.45, 7) is 4.05. The molecular weight excluding hydrogens is 465 g/mol. The van der Waals surface area contributed by atoms with Crippen LogP contribution in [0.25, 0.3) is 22.2 Å². The van der Waals surface area contributed by atoms with Crippen LogP contribution in [0.3, 0.4) is 0 Å². The highest BCUT2D eigenvalue weighted by atomic mass is 19.3. The number of fused-ring (bicyclic) bond motifs is 2. The predicted octanol–water partition coefficient (Wildman–Crippen LogP) is 6.64. The van der Waals surface area contributed by atoms with E-state index in [2.05, 4.69) is 4.98 Å². The molecule has 0 saturated heterocycles. The number of rotatable bonds is 5. The fourth-order valence-corrected chi connectivity index (χ4v) is 5.39. The van der Waals surface area contributed by atoms with Gasteiger partial charge in [-0.1, -0.05) is 19.9 Å². The molecule has 5 rings (SSSR count). The molecule has 4 aromatic rings. The van der Waals surface area contributed by atoms with Crippen LogP contribution in [0, 0.1) is 5.82 Å². The monoisotopic (exact) mass is 492 g/mol. The highest BCUT2D eigenvalue weighted by molar-refractivity contribution is 5.98. The Morgan fingerprint density at radius 3 is 2.64 bits per heavy atom. The number of hydrogen-bond acceptors (Lipinski definition) is 3. The first kappa shape index (κ1) is 24.0. The molecule has 2 unspecified atom stereocenters. The third-order valence-electron chi connectivity index (χ3n) is 7.11. The fourth-order valence-electron chi connectivity index (χ4n) is 5.39. The topological polar surface area (TPSA) is 51.0 Å². The summed E-state index contributed by atoms with van der Waals surface area (Å²) in [5.41, 5.74) is 3.66. The first-order chi connectivity index (χ1) is 17.3. The maximum Gasteiger partial charge on any atom is 0.266 e. The number of halogens is 3. The van der Waals surface area contributed by atoms with Crippen molar-refractivity contribution in [3.05, 3.63) is 82.9 Å². The molecular formula is C28H27F3N4O. The number of pyridine rings is 1. The number of aryl methyl sites for hydroxylation is 1. The summed E-state index contributed by atoms with van der Waals surface area (Å²) in [7, 11) is 1.76. The number of hydrogen-bond donors (Lipinski definition) is 0. The van der Waals surface area contributed by atoms with Crippen molar-refractivity contribution in [3.8, 4) is 11.3 Å². The van der Waals surface area contributed by atoms with E-state index in [1.54, 1.807) is 24.0 Å². The van der Waals surface area contributed by atoms with Gasteiger partial charge in [-0.25, -0.2) is 13.2 Å². The summed E-state index contributed by atoms with van der Waals surface area (Å²) in [6, 6.07) is 12.7. The highest BCUT2D eigenvalue weighted by Gasteiger charge is 2.40. The fraction of sp³-hybridized carbons (Fsp3) is 0.321. The van der Waals surface area contributed by atoms with Gasteiger partial charge in [0.05, 0.1) is 28.5 Å². The van der Waals surface area contributed by atoms with Gasteiger partial charge in [0.15, 0.2) is 0 Å². The summed E-state index contributed by atoms with van der Waals surface area (Å²) >= 11 is 0. The highest BCUT2D eigenvalue weighted by Crippen LogP contribution is 2.41. The van der Waals surface area contributed by atoms with Gasteiger partial charge in [0.25, 0.3) is 12.3 Å². The van der Waals surface area contributed by atoms with Gasteiger partial charge in [-0.2, -0.15) is 5.10 Å². The molecule has 2 aromatic heterocycles. The zero-order valence-electron chi connectivity index (χ0n) is 20.4. The summed E-state index contributed by atoms with van der Waals surface area (Å²) < 4.78 is 42.5. The SMILES string of the molecule is CCC1Cc2c(nn(C)c2-c2ccc(F)c(C(F)F)c2)C(CC)N1C(=O)c1ccc2ncccc2c1. The molecule has 0 spiro atoms. The molecule has 0 fully saturated rings. The van der Waals surface area contributed by atoms with Crippen LogP contribution < -0.4 is 0 Å². The van der Waals surface area contributed by atoms with E-state index in [4.69, 9.17) is 5.10 Å². The molecule has 1 aliphatic rings. The van der Waals surface area contributed by atoms with E-state index in [1.807, 2.05) is 43.0 Å². The van der Waals surface area contributed by atoms with Gasteiger partial charge in [-0.3, -0.25) is 14.5 Å². The number of benzene rings is 2. The number of carbonyl (C=O) groups excluding carboxylic acids is 1. The van der Waals surface area contributed by atoms with Gasteiger partial charge < -0.3 is 4.90 Å². The van der Waals surface area contributed by atoms with Gasteiger partial charge in [0.1, 0.15) is 5.82 Å². The van der Waals surface area contributed by atoms with E-state index < -0.39 is 17.8 Å². The third kappa shape index (κ3) is 3.94. The van der Waals surface area contributed by atoms with Gasteiger partial charge in [0.2, 0.25) is 0 Å². The van der Waals surface area contributed by atoms with Crippen molar-refractivity contribution in [1.82, 2.24) is 19.7 Å². The third-order valence-corrected chi connectivity index (χ3v) is 7.11. The molecule has 2 aromatic carbocycles. The zero-order chi connectivity index (χ0) is 25.6. The maximum absolute atomic E-state index is 14.0. The normalized spacial score (nSPS) is 17.6. The first-order valence-electron chi connectivity index (χ1n) is 12.1. The van der Waals surface area contributed by atoms with Crippen LogP contribution in [0.4, 0.5) is 13.2 Å². The molecule has 36 heavy (non-hydrogen) atoms. The van der Waals surface area contributed by atoms with Crippen LogP contribution in [-0.4, -0.2) is 31.6 Å². The number of nitrogens with zero attached hydrogens (tertiary/aromatic N) is 4. The number of carbonyl (C=O) groups is 1. The van der Waals surface area contributed by atoms with Crippen molar-refractivity contribution >= 4 is 16.8 Å². The molecule has 186 valence electrons. The molecule has 0 saturated carbocycles. The molecule has 0 aliphatic carbocycles. The van der Waals surface area contributed by atoms with E-state index in [-0.39, 0.29) is 18.0 Å². The second-order valence-corrected chi connectivity index (χ2v) is 9.19. The lowest BCUT2D eigenvalue weighted by molar-refractivity contribution is 0.0513. The largest absolute Gasteiger partial charge is 0.327 e. The Bertz CT molecular complexity index is 1450. The second kappa shape index (κ2) is 9.41. The Labute approximate surface area is 207 Å². The standard InChI is InChI=1S/C28H27F3N4O/c1-4-19-15-21-25(33-34(3)26(21)17-8-10-22(29)20(14-17)27(30)31)24(5-2)35(19)28(36)18-9-11-23-16(13-18)7-6-12-32-23/h6-14,19,24,27H,4-5,15H2,1-3H3. The quantitative estimate of drug-likeness (QED) is 0.314. The molecule has 2 atom stereocenters. The van der Waals surface area contributed by atoms with Gasteiger partial charge >= 0.3 is 0 Å². The first-order valence-corrected chi connectivity index (χ1v) is 12.1.